The SMILES string of the molecule is O=NC(Cc1cccc(Cl)c1)c1[nH]c2ccc(Br)cc2c1Cl. The van der Waals surface area contributed by atoms with Crippen molar-refractivity contribution in [1.82, 2.24) is 4.98 Å². The summed E-state index contributed by atoms with van der Waals surface area (Å²) >= 11 is 15.8. The Morgan fingerprint density at radius 3 is 2.73 bits per heavy atom. The second-order valence-corrected chi connectivity index (χ2v) is 6.73. The van der Waals surface area contributed by atoms with Crippen molar-refractivity contribution in [3.8, 4) is 0 Å². The molecule has 0 radical (unpaired) electrons. The minimum atomic E-state index is -0.586. The lowest BCUT2D eigenvalue weighted by Gasteiger charge is -2.08. The summed E-state index contributed by atoms with van der Waals surface area (Å²) in [5.74, 6) is 0. The molecule has 0 saturated carbocycles. The van der Waals surface area contributed by atoms with Crippen LogP contribution >= 0.6 is 39.1 Å². The van der Waals surface area contributed by atoms with Gasteiger partial charge in [-0.05, 0) is 35.9 Å². The van der Waals surface area contributed by atoms with E-state index in [0.29, 0.717) is 22.2 Å². The lowest BCUT2D eigenvalue weighted by molar-refractivity contribution is 0.700. The van der Waals surface area contributed by atoms with Crippen molar-refractivity contribution in [2.45, 2.75) is 12.5 Å². The van der Waals surface area contributed by atoms with Gasteiger partial charge in [0.15, 0.2) is 0 Å². The molecule has 3 rings (SSSR count). The van der Waals surface area contributed by atoms with Gasteiger partial charge in [0.05, 0.1) is 10.7 Å². The summed E-state index contributed by atoms with van der Waals surface area (Å²) in [6.07, 6.45) is 0.442. The molecule has 0 amide bonds. The molecular formula is C16H11BrCl2N2O. The normalized spacial score (nSPS) is 12.5. The zero-order valence-electron chi connectivity index (χ0n) is 11.3. The van der Waals surface area contributed by atoms with Gasteiger partial charge in [0.2, 0.25) is 0 Å². The van der Waals surface area contributed by atoms with Crippen LogP contribution in [-0.4, -0.2) is 4.98 Å². The molecule has 0 saturated heterocycles. The van der Waals surface area contributed by atoms with E-state index in [1.54, 1.807) is 6.07 Å². The quantitative estimate of drug-likeness (QED) is 0.516. The Bertz CT molecular complexity index is 847. The van der Waals surface area contributed by atoms with Crippen molar-refractivity contribution in [2.75, 3.05) is 0 Å². The second-order valence-electron chi connectivity index (χ2n) is 5.00. The van der Waals surface area contributed by atoms with Crippen molar-refractivity contribution in [3.05, 3.63) is 73.1 Å². The van der Waals surface area contributed by atoms with Crippen LogP contribution in [0.15, 0.2) is 52.1 Å². The topological polar surface area (TPSA) is 45.2 Å². The first-order valence-corrected chi connectivity index (χ1v) is 8.17. The van der Waals surface area contributed by atoms with Crippen LogP contribution in [0.5, 0.6) is 0 Å². The predicted molar refractivity (Wildman–Crippen MR) is 94.7 cm³/mol. The molecule has 1 unspecified atom stereocenters. The highest BCUT2D eigenvalue weighted by atomic mass is 79.9. The number of rotatable bonds is 4. The largest absolute Gasteiger partial charge is 0.355 e. The molecule has 1 heterocycles. The van der Waals surface area contributed by atoms with Crippen LogP contribution < -0.4 is 0 Å². The average molecular weight is 398 g/mol. The zero-order valence-corrected chi connectivity index (χ0v) is 14.4. The number of hydrogen-bond donors (Lipinski definition) is 1. The van der Waals surface area contributed by atoms with E-state index >= 15 is 0 Å². The van der Waals surface area contributed by atoms with Crippen molar-refractivity contribution < 1.29 is 0 Å². The van der Waals surface area contributed by atoms with Gasteiger partial charge < -0.3 is 4.98 Å². The number of H-pyrrole nitrogens is 1. The molecule has 3 nitrogen and oxygen atoms in total. The summed E-state index contributed by atoms with van der Waals surface area (Å²) in [7, 11) is 0. The van der Waals surface area contributed by atoms with Crippen LogP contribution in [0.3, 0.4) is 0 Å². The number of benzene rings is 2. The second kappa shape index (κ2) is 6.41. The van der Waals surface area contributed by atoms with Gasteiger partial charge in [0.1, 0.15) is 6.04 Å². The fourth-order valence-electron chi connectivity index (χ4n) is 2.46. The lowest BCUT2D eigenvalue weighted by Crippen LogP contribution is -2.00. The average Bonchev–Trinajstić information content (AvgIpc) is 2.82. The molecule has 0 spiro atoms. The molecule has 1 atom stereocenters. The number of nitrogens with one attached hydrogen (secondary N) is 1. The first-order valence-electron chi connectivity index (χ1n) is 6.62. The highest BCUT2D eigenvalue weighted by Gasteiger charge is 2.20. The molecule has 0 aliphatic rings. The van der Waals surface area contributed by atoms with E-state index in [1.165, 1.54) is 0 Å². The Labute approximate surface area is 145 Å². The van der Waals surface area contributed by atoms with Crippen LogP contribution in [0, 0.1) is 4.91 Å². The molecule has 22 heavy (non-hydrogen) atoms. The van der Waals surface area contributed by atoms with Gasteiger partial charge in [-0.2, -0.15) is 4.91 Å². The molecule has 3 aromatic rings. The number of fused-ring (bicyclic) bond motifs is 1. The van der Waals surface area contributed by atoms with E-state index in [4.69, 9.17) is 23.2 Å². The molecule has 0 aliphatic heterocycles. The number of aromatic nitrogens is 1. The molecule has 0 bridgehead atoms. The van der Waals surface area contributed by atoms with E-state index in [1.807, 2.05) is 36.4 Å². The Balaban J connectivity index is 2.00. The molecule has 6 heteroatoms. The summed E-state index contributed by atoms with van der Waals surface area (Å²) in [6, 6.07) is 12.5. The van der Waals surface area contributed by atoms with Crippen LogP contribution in [0.1, 0.15) is 17.3 Å². The van der Waals surface area contributed by atoms with Crippen LogP contribution in [0.4, 0.5) is 0 Å². The first kappa shape index (κ1) is 15.5. The van der Waals surface area contributed by atoms with E-state index in [2.05, 4.69) is 26.1 Å². The highest BCUT2D eigenvalue weighted by molar-refractivity contribution is 9.10. The van der Waals surface area contributed by atoms with Crippen LogP contribution in [0.2, 0.25) is 10.0 Å². The van der Waals surface area contributed by atoms with Crippen molar-refractivity contribution in [2.24, 2.45) is 5.18 Å². The number of hydrogen-bond acceptors (Lipinski definition) is 2. The minimum absolute atomic E-state index is 0.442. The van der Waals surface area contributed by atoms with Crippen LogP contribution in [-0.2, 0) is 6.42 Å². The molecule has 0 aliphatic carbocycles. The zero-order chi connectivity index (χ0) is 15.7. The maximum absolute atomic E-state index is 11.3. The minimum Gasteiger partial charge on any atom is -0.355 e. The van der Waals surface area contributed by atoms with Crippen LogP contribution in [0.25, 0.3) is 10.9 Å². The van der Waals surface area contributed by atoms with Gasteiger partial charge in [0.25, 0.3) is 0 Å². The van der Waals surface area contributed by atoms with Crippen molar-refractivity contribution in [1.29, 1.82) is 0 Å². The Kier molecular flexibility index (Phi) is 4.52. The maximum atomic E-state index is 11.3. The third kappa shape index (κ3) is 3.05. The Morgan fingerprint density at radius 2 is 2.00 bits per heavy atom. The molecule has 2 aromatic carbocycles. The van der Waals surface area contributed by atoms with E-state index in [-0.39, 0.29) is 0 Å². The van der Waals surface area contributed by atoms with E-state index < -0.39 is 6.04 Å². The fraction of sp³-hybridized carbons (Fsp3) is 0.125. The highest BCUT2D eigenvalue weighted by Crippen LogP contribution is 2.35. The summed E-state index contributed by atoms with van der Waals surface area (Å²) in [5.41, 5.74) is 2.45. The van der Waals surface area contributed by atoms with Gasteiger partial charge >= 0.3 is 0 Å². The summed E-state index contributed by atoms with van der Waals surface area (Å²) in [4.78, 5) is 14.5. The molecule has 0 fully saturated rings. The monoisotopic (exact) mass is 396 g/mol. The predicted octanol–water partition coefficient (Wildman–Crippen LogP) is 6.29. The third-order valence-corrected chi connectivity index (χ3v) is 4.64. The van der Waals surface area contributed by atoms with Crippen molar-refractivity contribution >= 4 is 50.0 Å². The van der Waals surface area contributed by atoms with E-state index in [0.717, 1.165) is 20.9 Å². The molecule has 1 N–H and O–H groups in total. The lowest BCUT2D eigenvalue weighted by atomic mass is 10.0. The summed E-state index contributed by atoms with van der Waals surface area (Å²) in [6.45, 7) is 0. The van der Waals surface area contributed by atoms with Gasteiger partial charge in [-0.15, -0.1) is 0 Å². The smallest absolute Gasteiger partial charge is 0.137 e. The number of aromatic amines is 1. The number of nitrogens with zero attached hydrogens (tertiary/aromatic N) is 1. The van der Waals surface area contributed by atoms with E-state index in [9.17, 15) is 4.91 Å². The summed E-state index contributed by atoms with van der Waals surface area (Å²) < 4.78 is 0.929. The first-order chi connectivity index (χ1) is 10.6. The van der Waals surface area contributed by atoms with Gasteiger partial charge in [-0.1, -0.05) is 56.4 Å². The van der Waals surface area contributed by atoms with Gasteiger partial charge in [-0.3, -0.25) is 0 Å². The van der Waals surface area contributed by atoms with Gasteiger partial charge in [0, 0.05) is 26.8 Å². The third-order valence-electron chi connectivity index (χ3n) is 3.50. The number of halogens is 3. The fourth-order valence-corrected chi connectivity index (χ4v) is 3.36. The maximum Gasteiger partial charge on any atom is 0.137 e. The summed E-state index contributed by atoms with van der Waals surface area (Å²) in [5, 5.41) is 5.27. The molecular weight excluding hydrogens is 387 g/mol. The number of nitroso groups, excluding NO2 is 1. The standard InChI is InChI=1S/C16H11BrCl2N2O/c17-10-4-5-13-12(8-10)15(19)16(20-13)14(21-22)7-9-2-1-3-11(18)6-9/h1-6,8,14,20H,7H2. The van der Waals surface area contributed by atoms with Gasteiger partial charge in [-0.25, -0.2) is 0 Å². The van der Waals surface area contributed by atoms with Crippen molar-refractivity contribution in [3.63, 3.8) is 0 Å². The Morgan fingerprint density at radius 1 is 1.18 bits per heavy atom. The molecule has 112 valence electrons. The Hall–Kier alpha value is -1.36. The molecule has 1 aromatic heterocycles.